The molecule has 1 N–H and O–H groups in total. The van der Waals surface area contributed by atoms with Gasteiger partial charge in [0, 0.05) is 18.0 Å². The first kappa shape index (κ1) is 17.2. The second kappa shape index (κ2) is 9.95. The number of aliphatic hydroxyl groups is 1. The number of thiophene rings is 1. The topological polar surface area (TPSA) is 32.7 Å². The fraction of sp³-hybridized carbons (Fsp3) is 0.625. The zero-order valence-electron chi connectivity index (χ0n) is 12.4. The molecule has 3 nitrogen and oxygen atoms in total. The van der Waals surface area contributed by atoms with Crippen LogP contribution < -0.4 is 0 Å². The van der Waals surface area contributed by atoms with Crippen molar-refractivity contribution in [2.75, 3.05) is 26.3 Å². The van der Waals surface area contributed by atoms with E-state index in [2.05, 4.69) is 42.2 Å². The number of nitrogens with zero attached hydrogens (tertiary/aromatic N) is 1. The zero-order valence-corrected chi connectivity index (χ0v) is 13.2. The molecule has 0 saturated carbocycles. The van der Waals surface area contributed by atoms with Crippen LogP contribution in [0.25, 0.3) is 0 Å². The highest BCUT2D eigenvalue weighted by molar-refractivity contribution is 7.09. The molecule has 0 aromatic carbocycles. The summed E-state index contributed by atoms with van der Waals surface area (Å²) in [5.41, 5.74) is 0. The highest BCUT2D eigenvalue weighted by Crippen LogP contribution is 2.13. The Bertz CT molecular complexity index is 384. The van der Waals surface area contributed by atoms with Crippen LogP contribution in [-0.2, 0) is 11.3 Å². The molecule has 0 fully saturated rings. The third-order valence-electron chi connectivity index (χ3n) is 2.95. The van der Waals surface area contributed by atoms with Gasteiger partial charge in [0.1, 0.15) is 6.61 Å². The predicted octanol–water partition coefficient (Wildman–Crippen LogP) is 2.61. The minimum atomic E-state index is -0.490. The fourth-order valence-electron chi connectivity index (χ4n) is 1.90. The first-order chi connectivity index (χ1) is 9.61. The quantitative estimate of drug-likeness (QED) is 0.532. The maximum Gasteiger partial charge on any atom is 0.107 e. The van der Waals surface area contributed by atoms with E-state index in [9.17, 15) is 5.11 Å². The molecule has 0 spiro atoms. The highest BCUT2D eigenvalue weighted by atomic mass is 32.1. The Morgan fingerprint density at radius 1 is 1.50 bits per heavy atom. The van der Waals surface area contributed by atoms with Crippen LogP contribution >= 0.6 is 11.3 Å². The van der Waals surface area contributed by atoms with E-state index in [1.54, 1.807) is 11.3 Å². The van der Waals surface area contributed by atoms with E-state index >= 15 is 0 Å². The summed E-state index contributed by atoms with van der Waals surface area (Å²) in [4.78, 5) is 3.61. The highest BCUT2D eigenvalue weighted by Gasteiger charge is 2.13. The molecule has 4 heteroatoms. The van der Waals surface area contributed by atoms with Gasteiger partial charge < -0.3 is 9.84 Å². The number of hydrogen-bond donors (Lipinski definition) is 1. The summed E-state index contributed by atoms with van der Waals surface area (Å²) >= 11 is 1.75. The molecule has 1 atom stereocenters. The molecule has 0 aliphatic rings. The summed E-state index contributed by atoms with van der Waals surface area (Å²) in [5, 5.41) is 12.1. The van der Waals surface area contributed by atoms with E-state index in [1.165, 1.54) is 4.88 Å². The molecule has 0 unspecified atom stereocenters. The molecule has 1 aromatic rings. The van der Waals surface area contributed by atoms with Gasteiger partial charge in [-0.3, -0.25) is 4.90 Å². The third-order valence-corrected chi connectivity index (χ3v) is 3.81. The van der Waals surface area contributed by atoms with Gasteiger partial charge in [0.05, 0.1) is 12.7 Å². The Kier molecular flexibility index (Phi) is 8.56. The maximum atomic E-state index is 10.0. The standard InChI is InChI=1S/C16H25NO2S/c1-4-9-19-13-15(18)11-17(8-7-14(2)3)12-16-6-5-10-20-16/h1,5-6,10,14-15,18H,7-9,11-13H2,2-3H3/t15-/m0/s1. The lowest BCUT2D eigenvalue weighted by Gasteiger charge is -2.25. The van der Waals surface area contributed by atoms with Crippen LogP contribution in [0.4, 0.5) is 0 Å². The summed E-state index contributed by atoms with van der Waals surface area (Å²) < 4.78 is 5.20. The summed E-state index contributed by atoms with van der Waals surface area (Å²) in [7, 11) is 0. The van der Waals surface area contributed by atoms with E-state index in [1.807, 2.05) is 0 Å². The minimum Gasteiger partial charge on any atom is -0.389 e. The van der Waals surface area contributed by atoms with Gasteiger partial charge in [-0.25, -0.2) is 0 Å². The van der Waals surface area contributed by atoms with Crippen molar-refractivity contribution in [1.29, 1.82) is 0 Å². The molecule has 1 aromatic heterocycles. The van der Waals surface area contributed by atoms with Crippen molar-refractivity contribution in [1.82, 2.24) is 4.90 Å². The van der Waals surface area contributed by atoms with Gasteiger partial charge in [0.25, 0.3) is 0 Å². The lowest BCUT2D eigenvalue weighted by molar-refractivity contribution is 0.0254. The molecule has 20 heavy (non-hydrogen) atoms. The third kappa shape index (κ3) is 7.66. The minimum absolute atomic E-state index is 0.258. The Morgan fingerprint density at radius 2 is 2.30 bits per heavy atom. The van der Waals surface area contributed by atoms with Crippen molar-refractivity contribution < 1.29 is 9.84 Å². The largest absolute Gasteiger partial charge is 0.389 e. The van der Waals surface area contributed by atoms with E-state index in [4.69, 9.17) is 11.2 Å². The van der Waals surface area contributed by atoms with Crippen LogP contribution in [0.3, 0.4) is 0 Å². The average Bonchev–Trinajstić information content (AvgIpc) is 2.89. The van der Waals surface area contributed by atoms with Gasteiger partial charge in [0.2, 0.25) is 0 Å². The lowest BCUT2D eigenvalue weighted by Crippen LogP contribution is -2.35. The van der Waals surface area contributed by atoms with Crippen LogP contribution in [0.2, 0.25) is 0 Å². The molecule has 112 valence electrons. The first-order valence-electron chi connectivity index (χ1n) is 7.05. The summed E-state index contributed by atoms with van der Waals surface area (Å²) in [6.45, 7) is 7.49. The van der Waals surface area contributed by atoms with Gasteiger partial charge in [-0.15, -0.1) is 17.8 Å². The van der Waals surface area contributed by atoms with Gasteiger partial charge in [-0.1, -0.05) is 25.8 Å². The van der Waals surface area contributed by atoms with Crippen LogP contribution in [0.1, 0.15) is 25.1 Å². The lowest BCUT2D eigenvalue weighted by atomic mass is 10.1. The van der Waals surface area contributed by atoms with Crippen LogP contribution in [0.15, 0.2) is 17.5 Å². The normalized spacial score (nSPS) is 12.8. The van der Waals surface area contributed by atoms with Gasteiger partial charge in [0.15, 0.2) is 0 Å². The summed E-state index contributed by atoms with van der Waals surface area (Å²) in [5.74, 6) is 3.07. The first-order valence-corrected chi connectivity index (χ1v) is 7.93. The molecule has 0 bridgehead atoms. The smallest absolute Gasteiger partial charge is 0.107 e. The molecular formula is C16H25NO2S. The van der Waals surface area contributed by atoms with E-state index in [-0.39, 0.29) is 6.61 Å². The molecule has 0 saturated heterocycles. The average molecular weight is 295 g/mol. The van der Waals surface area contributed by atoms with Crippen LogP contribution in [0.5, 0.6) is 0 Å². The zero-order chi connectivity index (χ0) is 14.8. The summed E-state index contributed by atoms with van der Waals surface area (Å²) in [6, 6.07) is 4.20. The monoisotopic (exact) mass is 295 g/mol. The number of terminal acetylenes is 1. The Labute approximate surface area is 126 Å². The number of aliphatic hydroxyl groups excluding tert-OH is 1. The molecule has 0 aliphatic heterocycles. The van der Waals surface area contributed by atoms with Crippen molar-refractivity contribution in [3.8, 4) is 12.3 Å². The van der Waals surface area contributed by atoms with Crippen molar-refractivity contribution in [2.45, 2.75) is 32.9 Å². The van der Waals surface area contributed by atoms with Crippen LogP contribution in [0, 0.1) is 18.3 Å². The number of hydrogen-bond acceptors (Lipinski definition) is 4. The van der Waals surface area contributed by atoms with Crippen molar-refractivity contribution in [2.24, 2.45) is 5.92 Å². The van der Waals surface area contributed by atoms with Crippen molar-refractivity contribution in [3.05, 3.63) is 22.4 Å². The molecule has 0 radical (unpaired) electrons. The van der Waals surface area contributed by atoms with Crippen LogP contribution in [-0.4, -0.2) is 42.4 Å². The number of rotatable bonds is 10. The van der Waals surface area contributed by atoms with Gasteiger partial charge in [-0.05, 0) is 30.3 Å². The van der Waals surface area contributed by atoms with Crippen molar-refractivity contribution >= 4 is 11.3 Å². The molecular weight excluding hydrogens is 270 g/mol. The second-order valence-corrected chi connectivity index (χ2v) is 6.40. The van der Waals surface area contributed by atoms with Gasteiger partial charge >= 0.3 is 0 Å². The van der Waals surface area contributed by atoms with Crippen molar-refractivity contribution in [3.63, 3.8) is 0 Å². The SMILES string of the molecule is C#CCOC[C@@H](O)CN(CCC(C)C)Cc1cccs1. The molecule has 1 heterocycles. The Balaban J connectivity index is 2.42. The maximum absolute atomic E-state index is 10.0. The molecule has 1 rings (SSSR count). The Morgan fingerprint density at radius 3 is 2.90 bits per heavy atom. The predicted molar refractivity (Wildman–Crippen MR) is 84.7 cm³/mol. The van der Waals surface area contributed by atoms with Gasteiger partial charge in [-0.2, -0.15) is 0 Å². The summed E-state index contributed by atoms with van der Waals surface area (Å²) in [6.07, 6.45) is 5.76. The molecule has 0 amide bonds. The van der Waals surface area contributed by atoms with E-state index in [0.29, 0.717) is 19.1 Å². The number of ether oxygens (including phenoxy) is 1. The Hall–Kier alpha value is -0.860. The molecule has 0 aliphatic carbocycles. The van der Waals surface area contributed by atoms with E-state index in [0.717, 1.165) is 19.5 Å². The fourth-order valence-corrected chi connectivity index (χ4v) is 2.65. The second-order valence-electron chi connectivity index (χ2n) is 5.37. The van der Waals surface area contributed by atoms with E-state index < -0.39 is 6.10 Å².